The molecule has 4 heterocycles. The van der Waals surface area contributed by atoms with Crippen molar-refractivity contribution in [3.63, 3.8) is 0 Å². The Hall–Kier alpha value is -3.54. The van der Waals surface area contributed by atoms with Crippen molar-refractivity contribution in [2.75, 3.05) is 0 Å². The van der Waals surface area contributed by atoms with Crippen LogP contribution in [0.5, 0.6) is 0 Å². The van der Waals surface area contributed by atoms with Crippen LogP contribution in [0.1, 0.15) is 44.9 Å². The second-order valence-electron chi connectivity index (χ2n) is 9.47. The van der Waals surface area contributed by atoms with Gasteiger partial charge >= 0.3 is 0 Å². The topological polar surface area (TPSA) is 60.9 Å². The molecule has 6 heteroatoms. The highest BCUT2D eigenvalue weighted by atomic mass is 15.3. The summed E-state index contributed by atoms with van der Waals surface area (Å²) in [5.74, 6) is 0.725. The van der Waals surface area contributed by atoms with Crippen molar-refractivity contribution in [1.82, 2.24) is 29.1 Å². The lowest BCUT2D eigenvalue weighted by atomic mass is 9.91. The van der Waals surface area contributed by atoms with Crippen molar-refractivity contribution in [3.05, 3.63) is 78.6 Å². The van der Waals surface area contributed by atoms with Gasteiger partial charge in [0.1, 0.15) is 0 Å². The molecule has 0 spiro atoms. The lowest BCUT2D eigenvalue weighted by Crippen LogP contribution is -2.22. The summed E-state index contributed by atoms with van der Waals surface area (Å²) in [6.07, 6.45) is 12.1. The first-order valence-electron chi connectivity index (χ1n) is 10.7. The maximum atomic E-state index is 4.78. The molecule has 0 atom stereocenters. The molecule has 1 saturated carbocycles. The summed E-state index contributed by atoms with van der Waals surface area (Å²) in [5, 5.41) is 5.95. The van der Waals surface area contributed by atoms with Crippen LogP contribution in [0.15, 0.2) is 67.4 Å². The number of fused-ring (bicyclic) bond motifs is 2. The van der Waals surface area contributed by atoms with Crippen LogP contribution in [-0.4, -0.2) is 29.1 Å². The molecule has 1 aromatic carbocycles. The monoisotopic (exact) mass is 408 g/mol. The van der Waals surface area contributed by atoms with Crippen molar-refractivity contribution >= 4 is 16.7 Å². The van der Waals surface area contributed by atoms with Gasteiger partial charge in [-0.1, -0.05) is 12.1 Å². The summed E-state index contributed by atoms with van der Waals surface area (Å²) in [6.45, 7) is 6.44. The maximum absolute atomic E-state index is 4.78. The van der Waals surface area contributed by atoms with E-state index in [4.69, 9.17) is 5.10 Å². The number of nitrogens with zero attached hydrogens (tertiary/aromatic N) is 6. The SMILES string of the molecule is CC(C)(C)n1ccc(-c2cnc3ncc(C4(c5ccc6ncccc6c5)CC4)n3c2)n1. The third-order valence-corrected chi connectivity index (χ3v) is 6.33. The maximum Gasteiger partial charge on any atom is 0.233 e. The molecule has 6 nitrogen and oxygen atoms in total. The molecule has 154 valence electrons. The molecule has 5 aromatic rings. The lowest BCUT2D eigenvalue weighted by Gasteiger charge is -2.19. The molecule has 0 bridgehead atoms. The molecule has 4 aromatic heterocycles. The first-order chi connectivity index (χ1) is 14.9. The fourth-order valence-electron chi connectivity index (χ4n) is 4.40. The standard InChI is InChI=1S/C25H24N6/c1-24(2,3)31-12-8-21(29-31)18-14-27-23-28-15-22(30(23)16-18)25(9-10-25)19-6-7-20-17(13-19)5-4-11-26-20/h4-8,11-16H,9-10H2,1-3H3. The van der Waals surface area contributed by atoms with Crippen LogP contribution >= 0.6 is 0 Å². The second-order valence-corrected chi connectivity index (χ2v) is 9.47. The third kappa shape index (κ3) is 2.86. The van der Waals surface area contributed by atoms with Crippen LogP contribution in [0.4, 0.5) is 0 Å². The second kappa shape index (κ2) is 6.23. The van der Waals surface area contributed by atoms with Gasteiger partial charge in [0.25, 0.3) is 0 Å². The lowest BCUT2D eigenvalue weighted by molar-refractivity contribution is 0.356. The number of pyridine rings is 1. The summed E-state index contributed by atoms with van der Waals surface area (Å²) < 4.78 is 4.14. The van der Waals surface area contributed by atoms with Crippen LogP contribution < -0.4 is 0 Å². The van der Waals surface area contributed by atoms with Crippen molar-refractivity contribution in [2.45, 2.75) is 44.6 Å². The van der Waals surface area contributed by atoms with Gasteiger partial charge in [0, 0.05) is 41.2 Å². The van der Waals surface area contributed by atoms with E-state index in [1.54, 1.807) is 0 Å². The Kier molecular flexibility index (Phi) is 3.67. The quantitative estimate of drug-likeness (QED) is 0.423. The van der Waals surface area contributed by atoms with Gasteiger partial charge in [-0.05, 0) is 63.4 Å². The van der Waals surface area contributed by atoms with Crippen LogP contribution in [0, 0.1) is 0 Å². The summed E-state index contributed by atoms with van der Waals surface area (Å²) in [6, 6.07) is 12.8. The summed E-state index contributed by atoms with van der Waals surface area (Å²) >= 11 is 0. The predicted molar refractivity (Wildman–Crippen MR) is 121 cm³/mol. The molecule has 0 N–H and O–H groups in total. The van der Waals surface area contributed by atoms with Gasteiger partial charge < -0.3 is 0 Å². The Balaban J connectivity index is 1.46. The molecule has 6 rings (SSSR count). The Morgan fingerprint density at radius 3 is 2.58 bits per heavy atom. The van der Waals surface area contributed by atoms with Crippen molar-refractivity contribution in [2.24, 2.45) is 0 Å². The van der Waals surface area contributed by atoms with Gasteiger partial charge in [0.15, 0.2) is 0 Å². The Bertz CT molecular complexity index is 1430. The summed E-state index contributed by atoms with van der Waals surface area (Å²) in [4.78, 5) is 13.7. The predicted octanol–water partition coefficient (Wildman–Crippen LogP) is 4.98. The smallest absolute Gasteiger partial charge is 0.233 e. The van der Waals surface area contributed by atoms with Crippen LogP contribution in [0.25, 0.3) is 27.9 Å². The zero-order chi connectivity index (χ0) is 21.2. The van der Waals surface area contributed by atoms with E-state index < -0.39 is 0 Å². The molecule has 0 saturated heterocycles. The van der Waals surface area contributed by atoms with E-state index >= 15 is 0 Å². The zero-order valence-corrected chi connectivity index (χ0v) is 17.9. The minimum atomic E-state index is -0.0566. The Morgan fingerprint density at radius 2 is 1.81 bits per heavy atom. The minimum Gasteiger partial charge on any atom is -0.287 e. The van der Waals surface area contributed by atoms with Gasteiger partial charge in [0.2, 0.25) is 5.78 Å². The van der Waals surface area contributed by atoms with E-state index in [1.807, 2.05) is 41.6 Å². The molecule has 0 unspecified atom stereocenters. The van der Waals surface area contributed by atoms with Crippen LogP contribution in [0.3, 0.4) is 0 Å². The number of hydrogen-bond acceptors (Lipinski definition) is 4. The van der Waals surface area contributed by atoms with Crippen molar-refractivity contribution in [1.29, 1.82) is 0 Å². The van der Waals surface area contributed by atoms with Gasteiger partial charge in [-0.3, -0.25) is 14.1 Å². The number of imidazole rings is 1. The molecule has 1 fully saturated rings. The summed E-state index contributed by atoms with van der Waals surface area (Å²) in [7, 11) is 0. The van der Waals surface area contributed by atoms with Crippen LogP contribution in [-0.2, 0) is 11.0 Å². The van der Waals surface area contributed by atoms with Crippen molar-refractivity contribution in [3.8, 4) is 11.3 Å². The molecule has 0 radical (unpaired) electrons. The van der Waals surface area contributed by atoms with E-state index in [2.05, 4.69) is 70.6 Å². The van der Waals surface area contributed by atoms with Gasteiger partial charge in [-0.2, -0.15) is 5.10 Å². The zero-order valence-electron chi connectivity index (χ0n) is 17.9. The summed E-state index contributed by atoms with van der Waals surface area (Å²) in [5.41, 5.74) is 5.37. The normalized spacial score (nSPS) is 15.6. The molecule has 1 aliphatic carbocycles. The van der Waals surface area contributed by atoms with Crippen LogP contribution in [0.2, 0.25) is 0 Å². The third-order valence-electron chi connectivity index (χ3n) is 6.33. The van der Waals surface area contributed by atoms with E-state index in [0.717, 1.165) is 35.4 Å². The average molecular weight is 409 g/mol. The average Bonchev–Trinajstić information content (AvgIpc) is 3.21. The van der Waals surface area contributed by atoms with Gasteiger partial charge in [0.05, 0.1) is 28.6 Å². The van der Waals surface area contributed by atoms with Gasteiger partial charge in [-0.15, -0.1) is 0 Å². The van der Waals surface area contributed by atoms with Gasteiger partial charge in [-0.25, -0.2) is 9.97 Å². The highest BCUT2D eigenvalue weighted by molar-refractivity contribution is 5.79. The largest absolute Gasteiger partial charge is 0.287 e. The van der Waals surface area contributed by atoms with E-state index in [1.165, 1.54) is 16.6 Å². The molecular formula is C25H24N6. The minimum absolute atomic E-state index is 0.0193. The Morgan fingerprint density at radius 1 is 0.968 bits per heavy atom. The first kappa shape index (κ1) is 18.2. The molecular weight excluding hydrogens is 384 g/mol. The number of benzene rings is 1. The molecule has 31 heavy (non-hydrogen) atoms. The van der Waals surface area contributed by atoms with Crippen molar-refractivity contribution < 1.29 is 0 Å². The highest BCUT2D eigenvalue weighted by Gasteiger charge is 2.48. The fourth-order valence-corrected chi connectivity index (χ4v) is 4.40. The number of aromatic nitrogens is 6. The van der Waals surface area contributed by atoms with E-state index in [9.17, 15) is 0 Å². The first-order valence-corrected chi connectivity index (χ1v) is 10.7. The molecule has 0 aliphatic heterocycles. The highest BCUT2D eigenvalue weighted by Crippen LogP contribution is 2.53. The van der Waals surface area contributed by atoms with E-state index in [-0.39, 0.29) is 11.0 Å². The van der Waals surface area contributed by atoms with E-state index in [0.29, 0.717) is 0 Å². The molecule has 0 amide bonds. The number of rotatable bonds is 3. The molecule has 1 aliphatic rings. The number of hydrogen-bond donors (Lipinski definition) is 0. The fraction of sp³-hybridized carbons (Fsp3) is 0.280. The Labute approximate surface area is 180 Å².